The normalized spacial score (nSPS) is 11.8. The van der Waals surface area contributed by atoms with E-state index < -0.39 is 12.1 Å². The number of ether oxygens (including phenoxy) is 2. The summed E-state index contributed by atoms with van der Waals surface area (Å²) in [4.78, 5) is 22.7. The van der Waals surface area contributed by atoms with Crippen LogP contribution in [-0.2, 0) is 9.53 Å². The molecular weight excluding hydrogens is 256 g/mol. The van der Waals surface area contributed by atoms with E-state index in [4.69, 9.17) is 16.3 Å². The third-order valence-corrected chi connectivity index (χ3v) is 2.71. The van der Waals surface area contributed by atoms with Crippen LogP contribution < -0.4 is 4.74 Å². The molecule has 0 radical (unpaired) electrons. The van der Waals surface area contributed by atoms with Gasteiger partial charge in [-0.1, -0.05) is 18.5 Å². The van der Waals surface area contributed by atoms with Gasteiger partial charge in [0.1, 0.15) is 5.75 Å². The lowest BCUT2D eigenvalue weighted by Gasteiger charge is -2.13. The Kier molecular flexibility index (Phi) is 5.16. The molecule has 0 spiro atoms. The Morgan fingerprint density at radius 3 is 2.56 bits per heavy atom. The molecule has 0 aromatic heterocycles. The maximum atomic E-state index is 11.5. The molecule has 1 unspecified atom stereocenters. The highest BCUT2D eigenvalue weighted by atomic mass is 35.5. The Balaban J connectivity index is 2.86. The lowest BCUT2D eigenvalue weighted by Crippen LogP contribution is -2.25. The van der Waals surface area contributed by atoms with Crippen molar-refractivity contribution < 1.29 is 19.1 Å². The monoisotopic (exact) mass is 270 g/mol. The van der Waals surface area contributed by atoms with Gasteiger partial charge in [-0.2, -0.15) is 0 Å². The van der Waals surface area contributed by atoms with Crippen LogP contribution in [0.1, 0.15) is 30.6 Å². The number of hydrogen-bond acceptors (Lipinski definition) is 4. The Hall–Kier alpha value is -1.55. The summed E-state index contributed by atoms with van der Waals surface area (Å²) < 4.78 is 9.89. The number of esters is 1. The molecule has 1 rings (SSSR count). The second-order valence-corrected chi connectivity index (χ2v) is 4.11. The van der Waals surface area contributed by atoms with Crippen LogP contribution in [0, 0.1) is 0 Å². The van der Waals surface area contributed by atoms with Crippen molar-refractivity contribution in [1.29, 1.82) is 0 Å². The van der Waals surface area contributed by atoms with Crippen molar-refractivity contribution in [3.8, 4) is 5.75 Å². The van der Waals surface area contributed by atoms with Crippen LogP contribution in [0.2, 0.25) is 5.02 Å². The lowest BCUT2D eigenvalue weighted by molar-refractivity contribution is -0.147. The van der Waals surface area contributed by atoms with E-state index in [9.17, 15) is 9.59 Å². The fourth-order valence-corrected chi connectivity index (χ4v) is 1.60. The van der Waals surface area contributed by atoms with Gasteiger partial charge in [-0.3, -0.25) is 4.79 Å². The van der Waals surface area contributed by atoms with Crippen molar-refractivity contribution >= 4 is 23.4 Å². The predicted molar refractivity (Wildman–Crippen MR) is 68.2 cm³/mol. The minimum Gasteiger partial charge on any atom is -0.477 e. The number of benzene rings is 1. The predicted octanol–water partition coefficient (Wildman–Crippen LogP) is 2.87. The van der Waals surface area contributed by atoms with E-state index in [1.165, 1.54) is 13.2 Å². The zero-order valence-corrected chi connectivity index (χ0v) is 11.3. The van der Waals surface area contributed by atoms with Crippen LogP contribution in [0.5, 0.6) is 5.75 Å². The molecule has 0 aliphatic heterocycles. The zero-order valence-electron chi connectivity index (χ0n) is 10.5. The highest BCUT2D eigenvalue weighted by Crippen LogP contribution is 2.27. The Morgan fingerprint density at radius 2 is 2.06 bits per heavy atom. The van der Waals surface area contributed by atoms with Crippen LogP contribution in [0.3, 0.4) is 0 Å². The third-order valence-electron chi connectivity index (χ3n) is 2.41. The molecule has 0 amide bonds. The molecule has 0 heterocycles. The van der Waals surface area contributed by atoms with Crippen LogP contribution in [-0.4, -0.2) is 25.0 Å². The van der Waals surface area contributed by atoms with Crippen LogP contribution in [0.15, 0.2) is 18.2 Å². The standard InChI is InChI=1S/C13H15ClO4/c1-4-11(15)9-5-6-12(10(14)7-9)18-8(2)13(16)17-3/h5-8H,4H2,1-3H3. The number of carbonyl (C=O) groups is 2. The number of rotatable bonds is 5. The van der Waals surface area contributed by atoms with Crippen molar-refractivity contribution in [1.82, 2.24) is 0 Å². The average Bonchev–Trinajstić information content (AvgIpc) is 2.38. The van der Waals surface area contributed by atoms with Crippen LogP contribution >= 0.6 is 11.6 Å². The van der Waals surface area contributed by atoms with Crippen molar-refractivity contribution in [2.24, 2.45) is 0 Å². The van der Waals surface area contributed by atoms with Gasteiger partial charge in [-0.05, 0) is 25.1 Å². The molecule has 0 bridgehead atoms. The highest BCUT2D eigenvalue weighted by Gasteiger charge is 2.17. The second-order valence-electron chi connectivity index (χ2n) is 3.71. The number of carbonyl (C=O) groups excluding carboxylic acids is 2. The van der Waals surface area contributed by atoms with Gasteiger partial charge in [0.25, 0.3) is 0 Å². The fourth-order valence-electron chi connectivity index (χ4n) is 1.38. The fraction of sp³-hybridized carbons (Fsp3) is 0.385. The van der Waals surface area contributed by atoms with Gasteiger partial charge in [-0.25, -0.2) is 4.79 Å². The molecule has 0 saturated heterocycles. The Labute approximate surface area is 111 Å². The maximum Gasteiger partial charge on any atom is 0.346 e. The summed E-state index contributed by atoms with van der Waals surface area (Å²) in [5.41, 5.74) is 0.528. The maximum absolute atomic E-state index is 11.5. The van der Waals surface area contributed by atoms with E-state index >= 15 is 0 Å². The van der Waals surface area contributed by atoms with Gasteiger partial charge >= 0.3 is 5.97 Å². The van der Waals surface area contributed by atoms with E-state index in [1.54, 1.807) is 26.0 Å². The molecule has 4 nitrogen and oxygen atoms in total. The number of ketones is 1. The molecular formula is C13H15ClO4. The summed E-state index contributed by atoms with van der Waals surface area (Å²) in [6.07, 6.45) is -0.338. The summed E-state index contributed by atoms with van der Waals surface area (Å²) in [6, 6.07) is 4.73. The van der Waals surface area contributed by atoms with E-state index in [1.807, 2.05) is 0 Å². The van der Waals surface area contributed by atoms with Gasteiger partial charge in [0, 0.05) is 12.0 Å². The smallest absolute Gasteiger partial charge is 0.346 e. The minimum atomic E-state index is -0.750. The first kappa shape index (κ1) is 14.5. The number of methoxy groups -OCH3 is 1. The summed E-state index contributed by atoms with van der Waals surface area (Å²) in [5, 5.41) is 0.296. The quantitative estimate of drug-likeness (QED) is 0.610. The first-order valence-corrected chi connectivity index (χ1v) is 5.94. The van der Waals surface area contributed by atoms with Gasteiger partial charge in [0.05, 0.1) is 12.1 Å². The van der Waals surface area contributed by atoms with Gasteiger partial charge in [-0.15, -0.1) is 0 Å². The molecule has 0 aliphatic rings. The van der Waals surface area contributed by atoms with E-state index in [2.05, 4.69) is 4.74 Å². The summed E-state index contributed by atoms with van der Waals surface area (Å²) in [5.74, 6) is -0.133. The second kappa shape index (κ2) is 6.40. The van der Waals surface area contributed by atoms with Gasteiger partial charge in [0.15, 0.2) is 11.9 Å². The molecule has 98 valence electrons. The molecule has 18 heavy (non-hydrogen) atoms. The highest BCUT2D eigenvalue weighted by molar-refractivity contribution is 6.32. The SMILES string of the molecule is CCC(=O)c1ccc(OC(C)C(=O)OC)c(Cl)c1. The molecule has 1 aromatic carbocycles. The molecule has 0 aliphatic carbocycles. The molecule has 1 aromatic rings. The first-order chi connectivity index (χ1) is 8.49. The Morgan fingerprint density at radius 1 is 1.39 bits per heavy atom. The van der Waals surface area contributed by atoms with Crippen molar-refractivity contribution in [3.63, 3.8) is 0 Å². The minimum absolute atomic E-state index is 0.00414. The zero-order chi connectivity index (χ0) is 13.7. The summed E-state index contributed by atoms with van der Waals surface area (Å²) in [6.45, 7) is 3.34. The van der Waals surface area contributed by atoms with Crippen LogP contribution in [0.4, 0.5) is 0 Å². The van der Waals surface area contributed by atoms with E-state index in [-0.39, 0.29) is 5.78 Å². The molecule has 0 saturated carbocycles. The number of hydrogen-bond donors (Lipinski definition) is 0. The molecule has 1 atom stereocenters. The number of Topliss-reactive ketones (excluding diaryl/α,β-unsaturated/α-hetero) is 1. The van der Waals surface area contributed by atoms with Gasteiger partial charge in [0.2, 0.25) is 0 Å². The van der Waals surface area contributed by atoms with Crippen molar-refractivity contribution in [2.75, 3.05) is 7.11 Å². The van der Waals surface area contributed by atoms with Gasteiger partial charge < -0.3 is 9.47 Å². The van der Waals surface area contributed by atoms with E-state index in [0.29, 0.717) is 22.8 Å². The third kappa shape index (κ3) is 3.47. The largest absolute Gasteiger partial charge is 0.477 e. The van der Waals surface area contributed by atoms with E-state index in [0.717, 1.165) is 0 Å². The van der Waals surface area contributed by atoms with Crippen LogP contribution in [0.25, 0.3) is 0 Å². The summed E-state index contributed by atoms with van der Waals surface area (Å²) in [7, 11) is 1.28. The topological polar surface area (TPSA) is 52.6 Å². The number of halogens is 1. The van der Waals surface area contributed by atoms with Crippen molar-refractivity contribution in [2.45, 2.75) is 26.4 Å². The lowest BCUT2D eigenvalue weighted by atomic mass is 10.1. The first-order valence-electron chi connectivity index (χ1n) is 5.56. The summed E-state index contributed by atoms with van der Waals surface area (Å²) >= 11 is 5.99. The average molecular weight is 271 g/mol. The Bertz CT molecular complexity index is 456. The molecule has 5 heteroatoms. The van der Waals surface area contributed by atoms with Crippen molar-refractivity contribution in [3.05, 3.63) is 28.8 Å². The molecule has 0 N–H and O–H groups in total. The molecule has 0 fully saturated rings.